The highest BCUT2D eigenvalue weighted by atomic mass is 16.7. The molecule has 5 nitrogen and oxygen atoms in total. The number of aliphatic imine (C=N–C) groups is 1. The van der Waals surface area contributed by atoms with Crippen LogP contribution in [0, 0.1) is 0 Å². The normalized spacial score (nSPS) is 18.2. The number of benzene rings is 1. The maximum absolute atomic E-state index is 5.76. The lowest BCUT2D eigenvalue weighted by Crippen LogP contribution is -2.33. The summed E-state index contributed by atoms with van der Waals surface area (Å²) in [5.74, 6) is 2.10. The Labute approximate surface area is 99.6 Å². The fourth-order valence-electron chi connectivity index (χ4n) is 1.70. The molecule has 2 aliphatic rings. The molecule has 1 aliphatic heterocycles. The van der Waals surface area contributed by atoms with E-state index in [1.54, 1.807) is 0 Å². The van der Waals surface area contributed by atoms with E-state index in [2.05, 4.69) is 10.3 Å². The molecule has 0 unspecified atom stereocenters. The van der Waals surface area contributed by atoms with E-state index in [1.807, 2.05) is 18.2 Å². The molecule has 3 rings (SSSR count). The lowest BCUT2D eigenvalue weighted by atomic mass is 10.2. The molecule has 0 saturated heterocycles. The van der Waals surface area contributed by atoms with Crippen molar-refractivity contribution in [3.63, 3.8) is 0 Å². The Bertz CT molecular complexity index is 455. The number of nitrogens with one attached hydrogen (secondary N) is 1. The summed E-state index contributed by atoms with van der Waals surface area (Å²) in [4.78, 5) is 4.29. The predicted molar refractivity (Wildman–Crippen MR) is 64.0 cm³/mol. The summed E-state index contributed by atoms with van der Waals surface area (Å²) in [6.07, 6.45) is 2.39. The van der Waals surface area contributed by atoms with E-state index < -0.39 is 0 Å². The molecule has 17 heavy (non-hydrogen) atoms. The van der Waals surface area contributed by atoms with Crippen LogP contribution in [-0.2, 0) is 6.54 Å². The largest absolute Gasteiger partial charge is 0.454 e. The summed E-state index contributed by atoms with van der Waals surface area (Å²) >= 11 is 0. The summed E-state index contributed by atoms with van der Waals surface area (Å²) in [5, 5.41) is 3.15. The van der Waals surface area contributed by atoms with Gasteiger partial charge in [-0.2, -0.15) is 0 Å². The molecule has 0 atom stereocenters. The molecule has 0 spiro atoms. The van der Waals surface area contributed by atoms with Gasteiger partial charge in [0, 0.05) is 6.04 Å². The number of nitrogens with zero attached hydrogens (tertiary/aromatic N) is 1. The summed E-state index contributed by atoms with van der Waals surface area (Å²) in [7, 11) is 0. The Hall–Kier alpha value is -1.91. The van der Waals surface area contributed by atoms with Crippen LogP contribution in [0.3, 0.4) is 0 Å². The summed E-state index contributed by atoms with van der Waals surface area (Å²) < 4.78 is 10.5. The zero-order chi connectivity index (χ0) is 11.7. The SMILES string of the molecule is NC(=NCc1ccc2c(c1)OCO2)NC1CC1. The van der Waals surface area contributed by atoms with E-state index in [0.717, 1.165) is 17.1 Å². The predicted octanol–water partition coefficient (Wildman–Crippen LogP) is 0.982. The van der Waals surface area contributed by atoms with Crippen molar-refractivity contribution in [3.8, 4) is 11.5 Å². The zero-order valence-corrected chi connectivity index (χ0v) is 9.48. The van der Waals surface area contributed by atoms with Gasteiger partial charge < -0.3 is 20.5 Å². The lowest BCUT2D eigenvalue weighted by Gasteiger charge is -2.03. The number of fused-ring (bicyclic) bond motifs is 1. The first-order valence-electron chi connectivity index (χ1n) is 5.76. The van der Waals surface area contributed by atoms with Gasteiger partial charge in [-0.15, -0.1) is 0 Å². The molecular weight excluding hydrogens is 218 g/mol. The number of ether oxygens (including phenoxy) is 2. The van der Waals surface area contributed by atoms with Crippen LogP contribution in [0.5, 0.6) is 11.5 Å². The van der Waals surface area contributed by atoms with Gasteiger partial charge in [0.2, 0.25) is 6.79 Å². The summed E-state index contributed by atoms with van der Waals surface area (Å²) in [6, 6.07) is 6.35. The van der Waals surface area contributed by atoms with Gasteiger partial charge in [-0.1, -0.05) is 6.07 Å². The van der Waals surface area contributed by atoms with Crippen LogP contribution in [0.1, 0.15) is 18.4 Å². The third kappa shape index (κ3) is 2.43. The van der Waals surface area contributed by atoms with E-state index >= 15 is 0 Å². The van der Waals surface area contributed by atoms with Crippen LogP contribution in [0.4, 0.5) is 0 Å². The van der Waals surface area contributed by atoms with Gasteiger partial charge >= 0.3 is 0 Å². The summed E-state index contributed by atoms with van der Waals surface area (Å²) in [5.41, 5.74) is 6.82. The van der Waals surface area contributed by atoms with Crippen LogP contribution >= 0.6 is 0 Å². The molecule has 1 aromatic carbocycles. The highest BCUT2D eigenvalue weighted by Gasteiger charge is 2.21. The molecular formula is C12H15N3O2. The minimum Gasteiger partial charge on any atom is -0.454 e. The van der Waals surface area contributed by atoms with Gasteiger partial charge in [-0.05, 0) is 30.5 Å². The van der Waals surface area contributed by atoms with Crippen molar-refractivity contribution in [2.75, 3.05) is 6.79 Å². The molecule has 1 fully saturated rings. The smallest absolute Gasteiger partial charge is 0.231 e. The third-order valence-electron chi connectivity index (χ3n) is 2.80. The quantitative estimate of drug-likeness (QED) is 0.603. The van der Waals surface area contributed by atoms with E-state index in [-0.39, 0.29) is 0 Å². The van der Waals surface area contributed by atoms with Gasteiger partial charge in [0.1, 0.15) is 0 Å². The molecule has 1 saturated carbocycles. The Kier molecular flexibility index (Phi) is 2.51. The molecule has 3 N–H and O–H groups in total. The van der Waals surface area contributed by atoms with Crippen molar-refractivity contribution >= 4 is 5.96 Å². The molecule has 0 aromatic heterocycles. The molecule has 1 aromatic rings. The number of hydrogen-bond donors (Lipinski definition) is 2. The summed E-state index contributed by atoms with van der Waals surface area (Å²) in [6.45, 7) is 0.857. The maximum atomic E-state index is 5.76. The fourth-order valence-corrected chi connectivity index (χ4v) is 1.70. The van der Waals surface area contributed by atoms with Crippen molar-refractivity contribution < 1.29 is 9.47 Å². The second-order valence-electron chi connectivity index (χ2n) is 4.31. The fraction of sp³-hybridized carbons (Fsp3) is 0.417. The van der Waals surface area contributed by atoms with Crippen LogP contribution in [0.25, 0.3) is 0 Å². The highest BCUT2D eigenvalue weighted by molar-refractivity contribution is 5.78. The number of hydrogen-bond acceptors (Lipinski definition) is 3. The molecule has 1 heterocycles. The van der Waals surface area contributed by atoms with E-state index in [9.17, 15) is 0 Å². The first-order valence-corrected chi connectivity index (χ1v) is 5.76. The number of rotatable bonds is 3. The van der Waals surface area contributed by atoms with E-state index in [1.165, 1.54) is 12.8 Å². The first kappa shape index (κ1) is 10.3. The second-order valence-corrected chi connectivity index (χ2v) is 4.31. The maximum Gasteiger partial charge on any atom is 0.231 e. The van der Waals surface area contributed by atoms with Crippen molar-refractivity contribution in [2.45, 2.75) is 25.4 Å². The molecule has 1 aliphatic carbocycles. The molecule has 0 radical (unpaired) electrons. The van der Waals surface area contributed by atoms with Gasteiger partial charge in [-0.25, -0.2) is 4.99 Å². The molecule has 5 heteroatoms. The topological polar surface area (TPSA) is 68.9 Å². The minimum absolute atomic E-state index is 0.299. The van der Waals surface area contributed by atoms with E-state index in [0.29, 0.717) is 25.3 Å². The van der Waals surface area contributed by atoms with Crippen LogP contribution < -0.4 is 20.5 Å². The van der Waals surface area contributed by atoms with Crippen LogP contribution in [0.2, 0.25) is 0 Å². The minimum atomic E-state index is 0.299. The van der Waals surface area contributed by atoms with Crippen LogP contribution in [0.15, 0.2) is 23.2 Å². The average Bonchev–Trinajstić information content (AvgIpc) is 3.01. The average molecular weight is 233 g/mol. The number of nitrogens with two attached hydrogens (primary N) is 1. The highest BCUT2D eigenvalue weighted by Crippen LogP contribution is 2.32. The Morgan fingerprint density at radius 2 is 2.18 bits per heavy atom. The Morgan fingerprint density at radius 3 is 3.00 bits per heavy atom. The van der Waals surface area contributed by atoms with Gasteiger partial charge in [-0.3, -0.25) is 0 Å². The van der Waals surface area contributed by atoms with Gasteiger partial charge in [0.15, 0.2) is 17.5 Å². The van der Waals surface area contributed by atoms with Crippen molar-refractivity contribution in [3.05, 3.63) is 23.8 Å². The Morgan fingerprint density at radius 1 is 1.35 bits per heavy atom. The van der Waals surface area contributed by atoms with Crippen molar-refractivity contribution in [1.29, 1.82) is 0 Å². The third-order valence-corrected chi connectivity index (χ3v) is 2.80. The second kappa shape index (κ2) is 4.16. The molecule has 90 valence electrons. The lowest BCUT2D eigenvalue weighted by molar-refractivity contribution is 0.174. The first-order chi connectivity index (χ1) is 8.31. The van der Waals surface area contributed by atoms with Crippen LogP contribution in [-0.4, -0.2) is 18.8 Å². The van der Waals surface area contributed by atoms with Gasteiger partial charge in [0.05, 0.1) is 6.54 Å². The van der Waals surface area contributed by atoms with Gasteiger partial charge in [0.25, 0.3) is 0 Å². The monoisotopic (exact) mass is 233 g/mol. The van der Waals surface area contributed by atoms with Crippen molar-refractivity contribution in [2.24, 2.45) is 10.7 Å². The van der Waals surface area contributed by atoms with E-state index in [4.69, 9.17) is 15.2 Å². The zero-order valence-electron chi connectivity index (χ0n) is 9.48. The standard InChI is InChI=1S/C12H15N3O2/c13-12(15-9-2-3-9)14-6-8-1-4-10-11(5-8)17-7-16-10/h1,4-5,9H,2-3,6-7H2,(H3,13,14,15). The number of guanidine groups is 1. The molecule has 0 amide bonds. The molecule has 0 bridgehead atoms. The Balaban J connectivity index is 1.64. The van der Waals surface area contributed by atoms with Crippen molar-refractivity contribution in [1.82, 2.24) is 5.32 Å².